The summed E-state index contributed by atoms with van der Waals surface area (Å²) in [6, 6.07) is -0.616. The Bertz CT molecular complexity index is 392. The molecule has 0 saturated carbocycles. The van der Waals surface area contributed by atoms with Gasteiger partial charge in [0.05, 0.1) is 6.04 Å². The molecule has 3 atom stereocenters. The second kappa shape index (κ2) is 5.11. The molecule has 8 heteroatoms. The Labute approximate surface area is 112 Å². The Kier molecular flexibility index (Phi) is 3.84. The van der Waals surface area contributed by atoms with Gasteiger partial charge in [-0.2, -0.15) is 0 Å². The van der Waals surface area contributed by atoms with Crippen molar-refractivity contribution in [2.75, 3.05) is 13.1 Å². The molecule has 2 aliphatic rings. The van der Waals surface area contributed by atoms with Crippen LogP contribution in [0.25, 0.3) is 0 Å². The maximum atomic E-state index is 12.0. The number of hydrogen-bond donors (Lipinski definition) is 3. The van der Waals surface area contributed by atoms with Crippen LogP contribution in [0.5, 0.6) is 0 Å². The van der Waals surface area contributed by atoms with Crippen LogP contribution < -0.4 is 11.5 Å². The normalized spacial score (nSPS) is 33.3. The first-order chi connectivity index (χ1) is 8.84. The number of hydrogen-bond acceptors (Lipinski definition) is 6. The van der Waals surface area contributed by atoms with E-state index in [1.165, 1.54) is 4.90 Å². The zero-order chi connectivity index (χ0) is 14.2. The minimum atomic E-state index is -1.23. The lowest BCUT2D eigenvalue weighted by Gasteiger charge is -2.30. The van der Waals surface area contributed by atoms with Gasteiger partial charge in [0.25, 0.3) is 0 Å². The second-order valence-electron chi connectivity index (χ2n) is 5.54. The maximum Gasteiger partial charge on any atom is 0.524 e. The van der Waals surface area contributed by atoms with Gasteiger partial charge in [-0.1, -0.05) is 6.42 Å². The summed E-state index contributed by atoms with van der Waals surface area (Å²) in [4.78, 5) is 25.5. The summed E-state index contributed by atoms with van der Waals surface area (Å²) in [5.74, 6) is -0.996. The Balaban J connectivity index is 2.18. The SMILES string of the molecule is C[C@H](N)C(=O)N1CC2CCCB(O)OC(=O)[C@]2(N)C1. The molecule has 106 valence electrons. The molecule has 0 radical (unpaired) electrons. The summed E-state index contributed by atoms with van der Waals surface area (Å²) in [6.45, 7) is 2.12. The standard InChI is InChI=1S/C11H20BN3O4/c1-7(13)9(16)15-5-8-3-2-4-12(18)19-10(17)11(8,14)6-15/h7-8,18H,2-6,13-14H2,1H3/t7-,8?,11-/m0/s1. The fourth-order valence-corrected chi connectivity index (χ4v) is 2.81. The molecule has 19 heavy (non-hydrogen) atoms. The van der Waals surface area contributed by atoms with Crippen molar-refractivity contribution in [1.29, 1.82) is 0 Å². The van der Waals surface area contributed by atoms with Crippen molar-refractivity contribution < 1.29 is 19.3 Å². The number of carbonyl (C=O) groups is 2. The molecule has 0 spiro atoms. The van der Waals surface area contributed by atoms with E-state index >= 15 is 0 Å². The van der Waals surface area contributed by atoms with E-state index in [-0.39, 0.29) is 18.4 Å². The van der Waals surface area contributed by atoms with Gasteiger partial charge in [0, 0.05) is 19.0 Å². The third-order valence-electron chi connectivity index (χ3n) is 3.95. The van der Waals surface area contributed by atoms with E-state index < -0.39 is 24.7 Å². The van der Waals surface area contributed by atoms with Crippen LogP contribution in [0.2, 0.25) is 6.32 Å². The minimum Gasteiger partial charge on any atom is -0.508 e. The first-order valence-corrected chi connectivity index (χ1v) is 6.57. The molecule has 2 saturated heterocycles. The highest BCUT2D eigenvalue weighted by Crippen LogP contribution is 2.33. The highest BCUT2D eigenvalue weighted by Gasteiger charge is 2.53. The third-order valence-corrected chi connectivity index (χ3v) is 3.95. The highest BCUT2D eigenvalue weighted by molar-refractivity contribution is 6.45. The van der Waals surface area contributed by atoms with Crippen molar-refractivity contribution in [2.24, 2.45) is 17.4 Å². The van der Waals surface area contributed by atoms with Gasteiger partial charge in [-0.05, 0) is 19.7 Å². The quantitative estimate of drug-likeness (QED) is 0.488. The molecule has 1 unspecified atom stereocenters. The number of fused-ring (bicyclic) bond motifs is 1. The molecule has 7 nitrogen and oxygen atoms in total. The van der Waals surface area contributed by atoms with Gasteiger partial charge in [0.15, 0.2) is 0 Å². The van der Waals surface area contributed by atoms with Crippen molar-refractivity contribution in [3.63, 3.8) is 0 Å². The smallest absolute Gasteiger partial charge is 0.508 e. The average Bonchev–Trinajstić information content (AvgIpc) is 2.65. The molecule has 2 fully saturated rings. The molecule has 0 aliphatic carbocycles. The van der Waals surface area contributed by atoms with Crippen LogP contribution in [-0.4, -0.2) is 53.6 Å². The van der Waals surface area contributed by atoms with Gasteiger partial charge >= 0.3 is 13.1 Å². The lowest BCUT2D eigenvalue weighted by atomic mass is 9.75. The lowest BCUT2D eigenvalue weighted by molar-refractivity contribution is -0.143. The van der Waals surface area contributed by atoms with E-state index in [0.717, 1.165) is 0 Å². The summed E-state index contributed by atoms with van der Waals surface area (Å²) in [7, 11) is -1.10. The van der Waals surface area contributed by atoms with Crippen molar-refractivity contribution in [2.45, 2.75) is 37.7 Å². The third kappa shape index (κ3) is 2.61. The van der Waals surface area contributed by atoms with Gasteiger partial charge in [-0.3, -0.25) is 9.59 Å². The van der Waals surface area contributed by atoms with Crippen molar-refractivity contribution in [3.8, 4) is 0 Å². The molecule has 5 N–H and O–H groups in total. The molecular formula is C11H20BN3O4. The van der Waals surface area contributed by atoms with Gasteiger partial charge in [-0.15, -0.1) is 0 Å². The van der Waals surface area contributed by atoms with Crippen LogP contribution in [0.3, 0.4) is 0 Å². The lowest BCUT2D eigenvalue weighted by Crippen LogP contribution is -2.58. The first kappa shape index (κ1) is 14.3. The predicted molar refractivity (Wildman–Crippen MR) is 68.7 cm³/mol. The second-order valence-corrected chi connectivity index (χ2v) is 5.54. The molecule has 2 rings (SSSR count). The van der Waals surface area contributed by atoms with Crippen LogP contribution in [0.4, 0.5) is 0 Å². The van der Waals surface area contributed by atoms with E-state index in [0.29, 0.717) is 25.7 Å². The van der Waals surface area contributed by atoms with Crippen molar-refractivity contribution in [1.82, 2.24) is 4.90 Å². The monoisotopic (exact) mass is 269 g/mol. The first-order valence-electron chi connectivity index (χ1n) is 6.57. The Morgan fingerprint density at radius 1 is 1.68 bits per heavy atom. The van der Waals surface area contributed by atoms with Gasteiger partial charge < -0.3 is 26.0 Å². The molecule has 0 aromatic carbocycles. The topological polar surface area (TPSA) is 119 Å². The van der Waals surface area contributed by atoms with Crippen molar-refractivity contribution >= 4 is 19.0 Å². The Morgan fingerprint density at radius 2 is 2.37 bits per heavy atom. The minimum absolute atomic E-state index is 0.101. The van der Waals surface area contributed by atoms with Gasteiger partial charge in [-0.25, -0.2) is 0 Å². The molecule has 2 aliphatic heterocycles. The Hall–Kier alpha value is -1.12. The van der Waals surface area contributed by atoms with Crippen LogP contribution >= 0.6 is 0 Å². The number of likely N-dealkylation sites (tertiary alicyclic amines) is 1. The van der Waals surface area contributed by atoms with Gasteiger partial charge in [0.1, 0.15) is 5.54 Å². The fourth-order valence-electron chi connectivity index (χ4n) is 2.81. The van der Waals surface area contributed by atoms with Crippen LogP contribution in [0.15, 0.2) is 0 Å². The number of nitrogens with zero attached hydrogens (tertiary/aromatic N) is 1. The van der Waals surface area contributed by atoms with E-state index in [4.69, 9.17) is 16.1 Å². The highest BCUT2D eigenvalue weighted by atomic mass is 16.6. The Morgan fingerprint density at radius 3 is 3.00 bits per heavy atom. The fraction of sp³-hybridized carbons (Fsp3) is 0.818. The van der Waals surface area contributed by atoms with Crippen LogP contribution in [0, 0.1) is 5.92 Å². The average molecular weight is 269 g/mol. The number of amides is 1. The molecular weight excluding hydrogens is 249 g/mol. The summed E-state index contributed by atoms with van der Waals surface area (Å²) in [6.07, 6.45) is 1.79. The summed E-state index contributed by atoms with van der Waals surface area (Å²) in [5.41, 5.74) is 10.5. The van der Waals surface area contributed by atoms with Crippen LogP contribution in [0.1, 0.15) is 19.8 Å². The summed E-state index contributed by atoms with van der Waals surface area (Å²) < 4.78 is 4.92. The molecule has 0 aromatic rings. The van der Waals surface area contributed by atoms with Gasteiger partial charge in [0.2, 0.25) is 5.91 Å². The maximum absolute atomic E-state index is 12.0. The van der Waals surface area contributed by atoms with E-state index in [2.05, 4.69) is 0 Å². The number of carbonyl (C=O) groups excluding carboxylic acids is 2. The number of rotatable bonds is 1. The largest absolute Gasteiger partial charge is 0.524 e. The molecule has 1 amide bonds. The zero-order valence-corrected chi connectivity index (χ0v) is 11.0. The van der Waals surface area contributed by atoms with E-state index in [1.807, 2.05) is 0 Å². The zero-order valence-electron chi connectivity index (χ0n) is 11.0. The number of nitrogens with two attached hydrogens (primary N) is 2. The summed E-state index contributed by atoms with van der Waals surface area (Å²) in [5, 5.41) is 9.48. The van der Waals surface area contributed by atoms with E-state index in [1.54, 1.807) is 6.92 Å². The molecule has 2 heterocycles. The molecule has 0 aromatic heterocycles. The summed E-state index contributed by atoms with van der Waals surface area (Å²) >= 11 is 0. The van der Waals surface area contributed by atoms with E-state index in [9.17, 15) is 14.6 Å². The van der Waals surface area contributed by atoms with Crippen LogP contribution in [-0.2, 0) is 14.2 Å². The van der Waals surface area contributed by atoms with Crippen molar-refractivity contribution in [3.05, 3.63) is 0 Å². The predicted octanol–water partition coefficient (Wildman–Crippen LogP) is -1.69. The molecule has 0 bridgehead atoms.